The number of carbonyl (C=O) groups excluding carboxylic acids is 2. The van der Waals surface area contributed by atoms with Crippen molar-refractivity contribution >= 4 is 43.8 Å². The first-order valence-electron chi connectivity index (χ1n) is 17.8. The summed E-state index contributed by atoms with van der Waals surface area (Å²) in [6, 6.07) is 0. The van der Waals surface area contributed by atoms with Crippen molar-refractivity contribution in [2.45, 2.75) is 138 Å². The quantitative estimate of drug-likeness (QED) is 0.127. The number of carbonyl (C=O) groups is 2. The predicted octanol–water partition coefficient (Wildman–Crippen LogP) is 10.4. The minimum Gasteiger partial charge on any atom is -0.465 e. The first kappa shape index (κ1) is 35.0. The Kier molecular flexibility index (Phi) is 10.3. The Balaban J connectivity index is 1.40. The van der Waals surface area contributed by atoms with Crippen molar-refractivity contribution in [3.63, 3.8) is 0 Å². The number of esters is 2. The van der Waals surface area contributed by atoms with Gasteiger partial charge in [-0.3, -0.25) is 9.59 Å². The summed E-state index contributed by atoms with van der Waals surface area (Å²) in [5.41, 5.74) is 2.21. The fourth-order valence-electron chi connectivity index (χ4n) is 12.7. The number of ether oxygens (including phenoxy) is 2. The van der Waals surface area contributed by atoms with E-state index in [-0.39, 0.29) is 45.1 Å². The van der Waals surface area contributed by atoms with E-state index in [4.69, 9.17) is 9.47 Å². The highest BCUT2D eigenvalue weighted by Gasteiger charge is 2.71. The second-order valence-corrected chi connectivity index (χ2v) is 18.7. The predicted molar refractivity (Wildman–Crippen MR) is 186 cm³/mol. The zero-order valence-electron chi connectivity index (χ0n) is 28.6. The van der Waals surface area contributed by atoms with Gasteiger partial charge in [-0.25, -0.2) is 0 Å². The standard InChI is InChI=1S/C38H60Br2O4/c1-25(2)26-14-19-38(24-43-31(41)10-8-22-39)21-20-36(6)27(33(26)38)12-13-29-35(5)17-16-30(44-32(42)11-9-23-40)34(3,4)28(35)15-18-37(29,36)7/h26-30,33H,1,8-24H2,2-7H3/t26-,27+,28-,29+,30-,33+,35-,36+,37+,38+/m0/s1. The van der Waals surface area contributed by atoms with Gasteiger partial charge in [0.15, 0.2) is 0 Å². The van der Waals surface area contributed by atoms with Crippen LogP contribution in [0, 0.1) is 56.7 Å². The molecule has 0 spiro atoms. The van der Waals surface area contributed by atoms with E-state index in [0.717, 1.165) is 42.8 Å². The molecule has 5 aliphatic rings. The second kappa shape index (κ2) is 12.9. The van der Waals surface area contributed by atoms with Crippen molar-refractivity contribution < 1.29 is 19.1 Å². The fraction of sp³-hybridized carbons (Fsp3) is 0.895. The number of fused-ring (bicyclic) bond motifs is 7. The summed E-state index contributed by atoms with van der Waals surface area (Å²) in [5, 5.41) is 1.68. The zero-order chi connectivity index (χ0) is 32.1. The van der Waals surface area contributed by atoms with E-state index in [1.165, 1.54) is 50.5 Å². The van der Waals surface area contributed by atoms with Crippen LogP contribution in [-0.4, -0.2) is 35.3 Å². The Labute approximate surface area is 285 Å². The lowest BCUT2D eigenvalue weighted by Gasteiger charge is -2.73. The van der Waals surface area contributed by atoms with Gasteiger partial charge < -0.3 is 9.47 Å². The zero-order valence-corrected chi connectivity index (χ0v) is 31.8. The molecule has 4 nitrogen and oxygen atoms in total. The van der Waals surface area contributed by atoms with Gasteiger partial charge in [-0.1, -0.05) is 78.6 Å². The van der Waals surface area contributed by atoms with E-state index in [0.29, 0.717) is 49.0 Å². The van der Waals surface area contributed by atoms with E-state index in [2.05, 4.69) is 80.0 Å². The third-order valence-corrected chi connectivity index (χ3v) is 16.1. The summed E-state index contributed by atoms with van der Waals surface area (Å²) < 4.78 is 12.3. The van der Waals surface area contributed by atoms with Gasteiger partial charge in [-0.05, 0) is 130 Å². The van der Waals surface area contributed by atoms with Crippen LogP contribution < -0.4 is 0 Å². The lowest BCUT2D eigenvalue weighted by Crippen LogP contribution is -2.67. The van der Waals surface area contributed by atoms with Crippen LogP contribution in [0.1, 0.15) is 131 Å². The molecule has 0 saturated heterocycles. The highest BCUT2D eigenvalue weighted by atomic mass is 79.9. The second-order valence-electron chi connectivity index (χ2n) is 17.1. The summed E-state index contributed by atoms with van der Waals surface area (Å²) in [6.07, 6.45) is 14.6. The molecular weight excluding hydrogens is 680 g/mol. The van der Waals surface area contributed by atoms with E-state index in [1.807, 2.05) is 0 Å². The fourth-order valence-corrected chi connectivity index (χ4v) is 13.2. The van der Waals surface area contributed by atoms with Gasteiger partial charge in [0.2, 0.25) is 0 Å². The molecule has 0 aromatic carbocycles. The molecule has 0 radical (unpaired) electrons. The minimum absolute atomic E-state index is 0.0158. The van der Waals surface area contributed by atoms with E-state index in [1.54, 1.807) is 0 Å². The molecule has 0 amide bonds. The van der Waals surface area contributed by atoms with Gasteiger partial charge in [-0.2, -0.15) is 0 Å². The van der Waals surface area contributed by atoms with Crippen LogP contribution in [0.4, 0.5) is 0 Å². The summed E-state index contributed by atoms with van der Waals surface area (Å²) in [6.45, 7) is 20.2. The molecule has 5 rings (SSSR count). The molecule has 5 aliphatic carbocycles. The number of alkyl halides is 2. The molecule has 0 unspecified atom stereocenters. The van der Waals surface area contributed by atoms with E-state index in [9.17, 15) is 9.59 Å². The largest absolute Gasteiger partial charge is 0.465 e. The Morgan fingerprint density at radius 1 is 0.773 bits per heavy atom. The van der Waals surface area contributed by atoms with Crippen molar-refractivity contribution in [2.75, 3.05) is 17.3 Å². The first-order valence-corrected chi connectivity index (χ1v) is 20.1. The molecule has 250 valence electrons. The van der Waals surface area contributed by atoms with Crippen LogP contribution in [0.3, 0.4) is 0 Å². The lowest BCUT2D eigenvalue weighted by molar-refractivity contribution is -0.252. The van der Waals surface area contributed by atoms with E-state index >= 15 is 0 Å². The Morgan fingerprint density at radius 2 is 1.45 bits per heavy atom. The third kappa shape index (κ3) is 5.62. The number of hydrogen-bond donors (Lipinski definition) is 0. The molecule has 0 heterocycles. The molecule has 44 heavy (non-hydrogen) atoms. The van der Waals surface area contributed by atoms with Gasteiger partial charge in [0, 0.05) is 34.3 Å². The molecule has 0 bridgehead atoms. The molecule has 0 N–H and O–H groups in total. The van der Waals surface area contributed by atoms with Crippen LogP contribution in [0.15, 0.2) is 12.2 Å². The van der Waals surface area contributed by atoms with E-state index < -0.39 is 0 Å². The van der Waals surface area contributed by atoms with Crippen LogP contribution in [0.2, 0.25) is 0 Å². The Morgan fingerprint density at radius 3 is 2.11 bits per heavy atom. The van der Waals surface area contributed by atoms with Crippen molar-refractivity contribution in [2.24, 2.45) is 56.7 Å². The molecule has 0 aromatic heterocycles. The molecule has 5 fully saturated rings. The molecule has 0 aliphatic heterocycles. The highest BCUT2D eigenvalue weighted by Crippen LogP contribution is 2.77. The van der Waals surface area contributed by atoms with Gasteiger partial charge in [-0.15, -0.1) is 0 Å². The molecular formula is C38H60Br2O4. The minimum atomic E-state index is -0.0291. The number of allylic oxidation sites excluding steroid dienone is 1. The summed E-state index contributed by atoms with van der Waals surface area (Å²) in [4.78, 5) is 25.4. The Hall–Kier alpha value is -0.360. The van der Waals surface area contributed by atoms with Crippen LogP contribution in [-0.2, 0) is 19.1 Å². The number of hydrogen-bond acceptors (Lipinski definition) is 4. The van der Waals surface area contributed by atoms with Crippen molar-refractivity contribution in [3.8, 4) is 0 Å². The number of halogens is 2. The van der Waals surface area contributed by atoms with Crippen molar-refractivity contribution in [3.05, 3.63) is 12.2 Å². The SMILES string of the molecule is C=C(C)[C@@H]1CC[C@]2(COC(=O)CCCBr)CC[C@]3(C)[C@H](CC[C@@H]4[C@@]5(C)CC[C@H](OC(=O)CCCBr)C(C)(C)[C@@H]5CC[C@]43C)[C@@H]12. The summed E-state index contributed by atoms with van der Waals surface area (Å²) in [5.74, 6) is 2.91. The maximum atomic E-state index is 12.7. The monoisotopic (exact) mass is 738 g/mol. The van der Waals surface area contributed by atoms with Crippen molar-refractivity contribution in [1.29, 1.82) is 0 Å². The van der Waals surface area contributed by atoms with Gasteiger partial charge in [0.25, 0.3) is 0 Å². The Bertz CT molecular complexity index is 1100. The summed E-state index contributed by atoms with van der Waals surface area (Å²) >= 11 is 6.92. The molecule has 6 heteroatoms. The van der Waals surface area contributed by atoms with Gasteiger partial charge in [0.1, 0.15) is 6.10 Å². The van der Waals surface area contributed by atoms with Crippen LogP contribution in [0.25, 0.3) is 0 Å². The maximum Gasteiger partial charge on any atom is 0.306 e. The average Bonchev–Trinajstić information content (AvgIpc) is 3.36. The average molecular weight is 741 g/mol. The highest BCUT2D eigenvalue weighted by molar-refractivity contribution is 9.09. The lowest BCUT2D eigenvalue weighted by atomic mass is 9.32. The first-order chi connectivity index (χ1) is 20.7. The van der Waals surface area contributed by atoms with Gasteiger partial charge >= 0.3 is 11.9 Å². The van der Waals surface area contributed by atoms with Crippen molar-refractivity contribution in [1.82, 2.24) is 0 Å². The van der Waals surface area contributed by atoms with Crippen LogP contribution in [0.5, 0.6) is 0 Å². The van der Waals surface area contributed by atoms with Crippen LogP contribution >= 0.6 is 31.9 Å². The normalized spacial score (nSPS) is 44.0. The van der Waals surface area contributed by atoms with Gasteiger partial charge in [0.05, 0.1) is 6.61 Å². The molecule has 10 atom stereocenters. The molecule has 5 saturated carbocycles. The smallest absolute Gasteiger partial charge is 0.306 e. The topological polar surface area (TPSA) is 52.6 Å². The molecule has 0 aromatic rings. The summed E-state index contributed by atoms with van der Waals surface area (Å²) in [7, 11) is 0. The number of rotatable bonds is 10. The third-order valence-electron chi connectivity index (χ3n) is 15.0. The maximum absolute atomic E-state index is 12.7.